The Morgan fingerprint density at radius 3 is 1.06 bits per heavy atom. The number of carbonyl (C=O) groups is 3. The lowest BCUT2D eigenvalue weighted by molar-refractivity contribution is -0.162. The number of hydrogen-bond donors (Lipinski definition) is 0. The zero-order chi connectivity index (χ0) is 35.4. The molecule has 0 N–H and O–H groups in total. The normalized spacial score (nSPS) is 14.2. The fraction of sp³-hybridized carbons (Fsp3) is 0.250. The first-order chi connectivity index (χ1) is 23.7. The van der Waals surface area contributed by atoms with E-state index in [4.69, 9.17) is 62.3 Å². The lowest BCUT2D eigenvalue weighted by Gasteiger charge is -2.37. The lowest BCUT2D eigenvalue weighted by Crippen LogP contribution is -2.60. The Hall–Kier alpha value is -3.74. The van der Waals surface area contributed by atoms with Crippen LogP contribution in [0.25, 0.3) is 0 Å². The average Bonchev–Trinajstić information content (AvgIpc) is 3.10. The average molecular weight is 746 g/mol. The summed E-state index contributed by atoms with van der Waals surface area (Å²) in [7, 11) is -4.83. The minimum Gasteiger partial charge on any atom is -0.464 e. The first kappa shape index (κ1) is 38.1. The van der Waals surface area contributed by atoms with Gasteiger partial charge in [-0.1, -0.05) is 120 Å². The maximum Gasteiger partial charge on any atom is 0.540 e. The van der Waals surface area contributed by atoms with Crippen molar-refractivity contribution in [3.8, 4) is 0 Å². The Bertz CT molecular complexity index is 1560. The van der Waals surface area contributed by atoms with E-state index in [0.717, 1.165) is 0 Å². The number of benzene rings is 4. The van der Waals surface area contributed by atoms with Crippen LogP contribution in [0.1, 0.15) is 55.8 Å². The van der Waals surface area contributed by atoms with Gasteiger partial charge < -0.3 is 27.5 Å². The van der Waals surface area contributed by atoms with Gasteiger partial charge >= 0.3 is 26.7 Å². The van der Waals surface area contributed by atoms with Crippen LogP contribution in [0.2, 0.25) is 15.1 Å². The summed E-state index contributed by atoms with van der Waals surface area (Å²) in [6.07, 6.45) is -4.70. The van der Waals surface area contributed by atoms with Crippen LogP contribution in [0.5, 0.6) is 0 Å². The van der Waals surface area contributed by atoms with Crippen molar-refractivity contribution in [2.75, 3.05) is 19.8 Å². The van der Waals surface area contributed by atoms with E-state index in [1.165, 1.54) is 0 Å². The minimum absolute atomic E-state index is 0.000894. The van der Waals surface area contributed by atoms with Gasteiger partial charge in [-0.15, -0.1) is 0 Å². The highest BCUT2D eigenvalue weighted by atomic mass is 35.5. The van der Waals surface area contributed by atoms with Gasteiger partial charge in [0.1, 0.15) is 0 Å². The van der Waals surface area contributed by atoms with Gasteiger partial charge in [-0.05, 0) is 39.0 Å². The highest BCUT2D eigenvalue weighted by Crippen LogP contribution is 2.38. The van der Waals surface area contributed by atoms with Gasteiger partial charge in [-0.25, -0.2) is 14.4 Å². The Morgan fingerprint density at radius 1 is 0.490 bits per heavy atom. The molecule has 0 aliphatic heterocycles. The van der Waals surface area contributed by atoms with E-state index in [1.807, 2.05) is 0 Å². The van der Waals surface area contributed by atoms with Crippen molar-refractivity contribution in [1.29, 1.82) is 0 Å². The Labute approximate surface area is 301 Å². The molecule has 0 aliphatic rings. The van der Waals surface area contributed by atoms with E-state index in [-0.39, 0.29) is 56.8 Å². The monoisotopic (exact) mass is 744 g/mol. The molecule has 49 heavy (non-hydrogen) atoms. The second-order valence-corrected chi connectivity index (χ2v) is 13.9. The molecule has 9 nitrogen and oxygen atoms in total. The van der Waals surface area contributed by atoms with Crippen LogP contribution in [-0.2, 0) is 41.9 Å². The molecule has 0 radical (unpaired) electrons. The molecule has 4 rings (SSSR count). The van der Waals surface area contributed by atoms with Crippen molar-refractivity contribution in [3.05, 3.63) is 135 Å². The van der Waals surface area contributed by atoms with Gasteiger partial charge in [0.15, 0.2) is 18.3 Å². The molecule has 3 atom stereocenters. The molecule has 3 unspecified atom stereocenters. The van der Waals surface area contributed by atoms with Crippen molar-refractivity contribution in [2.24, 2.45) is 0 Å². The van der Waals surface area contributed by atoms with Crippen molar-refractivity contribution in [1.82, 2.24) is 0 Å². The number of rotatable bonds is 16. The van der Waals surface area contributed by atoms with Crippen LogP contribution < -0.4 is 5.19 Å². The van der Waals surface area contributed by atoms with Crippen molar-refractivity contribution in [3.63, 3.8) is 0 Å². The lowest BCUT2D eigenvalue weighted by atomic mass is 10.1. The topological polar surface area (TPSA) is 107 Å². The molecule has 0 spiro atoms. The van der Waals surface area contributed by atoms with Gasteiger partial charge in [0.2, 0.25) is 0 Å². The first-order valence-corrected chi connectivity index (χ1v) is 18.3. The van der Waals surface area contributed by atoms with Crippen molar-refractivity contribution in [2.45, 2.75) is 39.1 Å². The third-order valence-corrected chi connectivity index (χ3v) is 10.7. The molecule has 0 amide bonds. The molecule has 4 aromatic carbocycles. The van der Waals surface area contributed by atoms with E-state index >= 15 is 0 Å². The van der Waals surface area contributed by atoms with Crippen molar-refractivity contribution >= 4 is 66.7 Å². The fourth-order valence-electron chi connectivity index (χ4n) is 4.83. The SMILES string of the molecule is CCOC(=O)C(O[Si](OC(C(=O)OCC)c1ccccc1Cl)(OC(C(=O)OCC)c1ccccc1Cl)c1ccccc1)c1ccccc1Cl. The molecule has 258 valence electrons. The summed E-state index contributed by atoms with van der Waals surface area (Å²) >= 11 is 19.9. The highest BCUT2D eigenvalue weighted by Gasteiger charge is 2.55. The molecule has 0 bridgehead atoms. The summed E-state index contributed by atoms with van der Waals surface area (Å²) < 4.78 is 36.7. The summed E-state index contributed by atoms with van der Waals surface area (Å²) in [6.45, 7) is 4.92. The molecule has 0 heterocycles. The van der Waals surface area contributed by atoms with E-state index in [2.05, 4.69) is 0 Å². The van der Waals surface area contributed by atoms with Gasteiger partial charge in [-0.3, -0.25) is 0 Å². The smallest absolute Gasteiger partial charge is 0.464 e. The molecule has 0 saturated carbocycles. The summed E-state index contributed by atoms with van der Waals surface area (Å²) in [5.41, 5.74) is 0.662. The van der Waals surface area contributed by atoms with Crippen LogP contribution in [0.3, 0.4) is 0 Å². The zero-order valence-electron chi connectivity index (χ0n) is 27.0. The summed E-state index contributed by atoms with van der Waals surface area (Å²) in [5, 5.41) is 0.798. The third-order valence-electron chi connectivity index (χ3n) is 7.01. The highest BCUT2D eigenvalue weighted by molar-refractivity contribution is 6.75. The number of carbonyl (C=O) groups excluding carboxylic acids is 3. The standard InChI is InChI=1S/C36H35Cl3O9Si/c1-4-43-34(40)31(25-18-10-13-21-28(25)37)46-49(24-16-8-7-9-17-24,47-32(35(41)44-5-2)26-19-11-14-22-29(26)38)48-33(36(42)45-6-3)27-20-12-15-23-30(27)39/h7-23,31-33H,4-6H2,1-3H3. The fourth-order valence-corrected chi connectivity index (χ4v) is 8.31. The summed E-state index contributed by atoms with van der Waals surface area (Å²) in [6, 6.07) is 27.9. The Balaban J connectivity index is 2.06. The second kappa shape index (κ2) is 18.3. The summed E-state index contributed by atoms with van der Waals surface area (Å²) in [4.78, 5) is 41.3. The van der Waals surface area contributed by atoms with E-state index in [0.29, 0.717) is 0 Å². The molecule has 0 saturated heterocycles. The van der Waals surface area contributed by atoms with Gasteiger partial charge in [0, 0.05) is 36.9 Å². The van der Waals surface area contributed by atoms with E-state index < -0.39 is 45.0 Å². The predicted molar refractivity (Wildman–Crippen MR) is 188 cm³/mol. The summed E-state index contributed by atoms with van der Waals surface area (Å²) in [5.74, 6) is -2.48. The maximum absolute atomic E-state index is 13.8. The van der Waals surface area contributed by atoms with Gasteiger partial charge in [-0.2, -0.15) is 0 Å². The molecule has 4 aromatic rings. The van der Waals surface area contributed by atoms with Crippen LogP contribution in [-0.4, -0.2) is 46.5 Å². The number of hydrogen-bond acceptors (Lipinski definition) is 9. The van der Waals surface area contributed by atoms with Crippen LogP contribution in [0.4, 0.5) is 0 Å². The molecule has 0 aromatic heterocycles. The van der Waals surface area contributed by atoms with Crippen LogP contribution in [0, 0.1) is 0 Å². The number of esters is 3. The Morgan fingerprint density at radius 2 is 0.776 bits per heavy atom. The Kier molecular flexibility index (Phi) is 14.2. The van der Waals surface area contributed by atoms with Crippen molar-refractivity contribution < 1.29 is 41.9 Å². The largest absolute Gasteiger partial charge is 0.540 e. The minimum atomic E-state index is -4.83. The first-order valence-electron chi connectivity index (χ1n) is 15.5. The molecule has 13 heteroatoms. The van der Waals surface area contributed by atoms with Crippen LogP contribution in [0.15, 0.2) is 103 Å². The molecule has 0 fully saturated rings. The quantitative estimate of drug-likeness (QED) is 0.0647. The number of ether oxygens (including phenoxy) is 3. The van der Waals surface area contributed by atoms with E-state index in [9.17, 15) is 14.4 Å². The van der Waals surface area contributed by atoms with Gasteiger partial charge in [0.05, 0.1) is 19.8 Å². The predicted octanol–water partition coefficient (Wildman–Crippen LogP) is 7.76. The second-order valence-electron chi connectivity index (χ2n) is 10.2. The zero-order valence-corrected chi connectivity index (χ0v) is 30.2. The molecular weight excluding hydrogens is 711 g/mol. The van der Waals surface area contributed by atoms with Gasteiger partial charge in [0.25, 0.3) is 0 Å². The third kappa shape index (κ3) is 9.49. The molecule has 0 aliphatic carbocycles. The number of halogens is 3. The van der Waals surface area contributed by atoms with Crippen LogP contribution >= 0.6 is 34.8 Å². The van der Waals surface area contributed by atoms with E-state index in [1.54, 1.807) is 124 Å². The molecular formula is C36H35Cl3O9Si. The maximum atomic E-state index is 13.8.